The Bertz CT molecular complexity index is 426. The average molecular weight is 291 g/mol. The van der Waals surface area contributed by atoms with Crippen LogP contribution in [0.3, 0.4) is 0 Å². The van der Waals surface area contributed by atoms with E-state index in [0.717, 1.165) is 25.1 Å². The molecular formula is C19H33NO. The average Bonchev–Trinajstić information content (AvgIpc) is 2.33. The van der Waals surface area contributed by atoms with E-state index < -0.39 is 0 Å². The van der Waals surface area contributed by atoms with Gasteiger partial charge >= 0.3 is 0 Å². The van der Waals surface area contributed by atoms with Crippen molar-refractivity contribution < 1.29 is 4.74 Å². The van der Waals surface area contributed by atoms with Gasteiger partial charge in [0.25, 0.3) is 0 Å². The Morgan fingerprint density at radius 3 is 2.33 bits per heavy atom. The van der Waals surface area contributed by atoms with Crippen LogP contribution in [-0.2, 0) is 5.41 Å². The van der Waals surface area contributed by atoms with Crippen LogP contribution < -0.4 is 10.1 Å². The zero-order chi connectivity index (χ0) is 16.1. The van der Waals surface area contributed by atoms with Crippen LogP contribution >= 0.6 is 0 Å². The standard InChI is InChI=1S/C19H33NO/c1-15(10-9-13-20-19(5,6)7)21-17-12-8-11-16(14-17)18(2,3)4/h8,11-12,14-15,20H,9-10,13H2,1-7H3. The van der Waals surface area contributed by atoms with E-state index in [0.29, 0.717) is 0 Å². The van der Waals surface area contributed by atoms with Gasteiger partial charge in [-0.25, -0.2) is 0 Å². The largest absolute Gasteiger partial charge is 0.491 e. The summed E-state index contributed by atoms with van der Waals surface area (Å²) >= 11 is 0. The molecule has 1 N–H and O–H groups in total. The number of hydrogen-bond acceptors (Lipinski definition) is 2. The van der Waals surface area contributed by atoms with Gasteiger partial charge in [-0.05, 0) is 70.2 Å². The zero-order valence-corrected chi connectivity index (χ0v) is 14.9. The molecular weight excluding hydrogens is 258 g/mol. The van der Waals surface area contributed by atoms with Gasteiger partial charge in [0.1, 0.15) is 5.75 Å². The molecule has 0 amide bonds. The maximum Gasteiger partial charge on any atom is 0.119 e. The van der Waals surface area contributed by atoms with E-state index in [1.807, 2.05) is 0 Å². The summed E-state index contributed by atoms with van der Waals surface area (Å²) in [5.41, 5.74) is 1.69. The minimum absolute atomic E-state index is 0.166. The van der Waals surface area contributed by atoms with Gasteiger partial charge in [0.2, 0.25) is 0 Å². The van der Waals surface area contributed by atoms with E-state index in [4.69, 9.17) is 4.74 Å². The van der Waals surface area contributed by atoms with Crippen molar-refractivity contribution in [1.29, 1.82) is 0 Å². The van der Waals surface area contributed by atoms with Crippen LogP contribution in [0, 0.1) is 0 Å². The summed E-state index contributed by atoms with van der Waals surface area (Å²) < 4.78 is 6.05. The first-order chi connectivity index (χ1) is 9.58. The molecule has 1 aromatic carbocycles. The monoisotopic (exact) mass is 291 g/mol. The summed E-state index contributed by atoms with van der Waals surface area (Å²) in [6.45, 7) is 16.5. The highest BCUT2D eigenvalue weighted by Crippen LogP contribution is 2.26. The van der Waals surface area contributed by atoms with Crippen molar-refractivity contribution in [3.8, 4) is 5.75 Å². The molecule has 1 rings (SSSR count). The van der Waals surface area contributed by atoms with E-state index >= 15 is 0 Å². The third kappa shape index (κ3) is 7.52. The quantitative estimate of drug-likeness (QED) is 0.751. The van der Waals surface area contributed by atoms with Crippen LogP contribution in [0.25, 0.3) is 0 Å². The van der Waals surface area contributed by atoms with Crippen molar-refractivity contribution in [2.45, 2.75) is 78.4 Å². The molecule has 1 unspecified atom stereocenters. The van der Waals surface area contributed by atoms with Crippen molar-refractivity contribution in [3.63, 3.8) is 0 Å². The Kier molecular flexibility index (Phi) is 6.27. The fraction of sp³-hybridized carbons (Fsp3) is 0.684. The third-order valence-electron chi connectivity index (χ3n) is 3.48. The predicted octanol–water partition coefficient (Wildman–Crippen LogP) is 4.92. The Morgan fingerprint density at radius 2 is 1.76 bits per heavy atom. The Hall–Kier alpha value is -1.02. The summed E-state index contributed by atoms with van der Waals surface area (Å²) in [5.74, 6) is 0.985. The normalized spacial score (nSPS) is 14.0. The second-order valence-electron chi connectivity index (χ2n) is 8.03. The third-order valence-corrected chi connectivity index (χ3v) is 3.48. The first-order valence-electron chi connectivity index (χ1n) is 8.10. The minimum Gasteiger partial charge on any atom is -0.491 e. The van der Waals surface area contributed by atoms with Crippen LogP contribution in [0.2, 0.25) is 0 Å². The smallest absolute Gasteiger partial charge is 0.119 e. The van der Waals surface area contributed by atoms with Gasteiger partial charge in [0, 0.05) is 5.54 Å². The molecule has 0 heterocycles. The topological polar surface area (TPSA) is 21.3 Å². The summed E-state index contributed by atoms with van der Waals surface area (Å²) in [4.78, 5) is 0. The highest BCUT2D eigenvalue weighted by Gasteiger charge is 2.14. The van der Waals surface area contributed by atoms with Gasteiger partial charge in [-0.3, -0.25) is 0 Å². The molecule has 0 spiro atoms. The van der Waals surface area contributed by atoms with Crippen LogP contribution in [-0.4, -0.2) is 18.2 Å². The number of hydrogen-bond donors (Lipinski definition) is 1. The fourth-order valence-corrected chi connectivity index (χ4v) is 2.18. The van der Waals surface area contributed by atoms with Gasteiger partial charge in [-0.1, -0.05) is 32.9 Å². The number of rotatable bonds is 6. The fourth-order valence-electron chi connectivity index (χ4n) is 2.18. The van der Waals surface area contributed by atoms with Crippen LogP contribution in [0.5, 0.6) is 5.75 Å². The summed E-state index contributed by atoms with van der Waals surface area (Å²) in [7, 11) is 0. The lowest BCUT2D eigenvalue weighted by molar-refractivity contribution is 0.205. The van der Waals surface area contributed by atoms with Gasteiger partial charge in [0.15, 0.2) is 0 Å². The van der Waals surface area contributed by atoms with Gasteiger partial charge in [-0.2, -0.15) is 0 Å². The second-order valence-corrected chi connectivity index (χ2v) is 8.03. The first kappa shape index (κ1) is 18.0. The lowest BCUT2D eigenvalue weighted by Crippen LogP contribution is -2.36. The maximum absolute atomic E-state index is 6.05. The first-order valence-corrected chi connectivity index (χ1v) is 8.10. The molecule has 0 aliphatic heterocycles. The SMILES string of the molecule is CC(CCCNC(C)(C)C)Oc1cccc(C(C)(C)C)c1. The molecule has 0 saturated heterocycles. The number of benzene rings is 1. The molecule has 0 aliphatic rings. The molecule has 0 aromatic heterocycles. The molecule has 0 aliphatic carbocycles. The Labute approximate surface area is 131 Å². The molecule has 120 valence electrons. The van der Waals surface area contributed by atoms with Gasteiger partial charge in [-0.15, -0.1) is 0 Å². The molecule has 21 heavy (non-hydrogen) atoms. The Balaban J connectivity index is 2.43. The highest BCUT2D eigenvalue weighted by molar-refractivity contribution is 5.32. The van der Waals surface area contributed by atoms with Crippen LogP contribution in [0.1, 0.15) is 66.9 Å². The molecule has 0 bridgehead atoms. The molecule has 1 atom stereocenters. The lowest BCUT2D eigenvalue weighted by atomic mass is 9.87. The molecule has 2 nitrogen and oxygen atoms in total. The summed E-state index contributed by atoms with van der Waals surface area (Å²) in [6.07, 6.45) is 2.46. The highest BCUT2D eigenvalue weighted by atomic mass is 16.5. The molecule has 2 heteroatoms. The zero-order valence-electron chi connectivity index (χ0n) is 14.9. The maximum atomic E-state index is 6.05. The minimum atomic E-state index is 0.166. The van der Waals surface area contributed by atoms with Crippen molar-refractivity contribution in [3.05, 3.63) is 29.8 Å². The number of ether oxygens (including phenoxy) is 1. The van der Waals surface area contributed by atoms with Crippen molar-refractivity contribution >= 4 is 0 Å². The summed E-state index contributed by atoms with van der Waals surface area (Å²) in [5, 5.41) is 3.51. The predicted molar refractivity (Wildman–Crippen MR) is 92.2 cm³/mol. The van der Waals surface area contributed by atoms with Gasteiger partial charge < -0.3 is 10.1 Å². The van der Waals surface area contributed by atoms with E-state index in [-0.39, 0.29) is 17.1 Å². The Morgan fingerprint density at radius 1 is 1.10 bits per heavy atom. The number of nitrogens with one attached hydrogen (secondary N) is 1. The lowest BCUT2D eigenvalue weighted by Gasteiger charge is -2.22. The molecule has 0 fully saturated rings. The van der Waals surface area contributed by atoms with Crippen molar-refractivity contribution in [2.24, 2.45) is 0 Å². The van der Waals surface area contributed by atoms with Crippen molar-refractivity contribution in [1.82, 2.24) is 5.32 Å². The van der Waals surface area contributed by atoms with Crippen molar-refractivity contribution in [2.75, 3.05) is 6.54 Å². The van der Waals surface area contributed by atoms with Crippen LogP contribution in [0.15, 0.2) is 24.3 Å². The molecule has 1 aromatic rings. The van der Waals surface area contributed by atoms with E-state index in [9.17, 15) is 0 Å². The second kappa shape index (κ2) is 7.31. The molecule has 0 radical (unpaired) electrons. The van der Waals surface area contributed by atoms with Gasteiger partial charge in [0.05, 0.1) is 6.10 Å². The van der Waals surface area contributed by atoms with E-state index in [1.54, 1.807) is 0 Å². The van der Waals surface area contributed by atoms with E-state index in [1.165, 1.54) is 5.56 Å². The van der Waals surface area contributed by atoms with Crippen LogP contribution in [0.4, 0.5) is 0 Å². The van der Waals surface area contributed by atoms with E-state index in [2.05, 4.69) is 78.0 Å². The molecule has 0 saturated carbocycles. The summed E-state index contributed by atoms with van der Waals surface area (Å²) in [6, 6.07) is 8.48.